The first-order valence-corrected chi connectivity index (χ1v) is 12.0. The highest BCUT2D eigenvalue weighted by atomic mass is 16.5. The number of carbonyl (C=O) groups excluding carboxylic acids is 2. The molecule has 0 bridgehead atoms. The summed E-state index contributed by atoms with van der Waals surface area (Å²) in [6, 6.07) is 13.6. The van der Waals surface area contributed by atoms with Gasteiger partial charge in [0, 0.05) is 32.7 Å². The summed E-state index contributed by atoms with van der Waals surface area (Å²) in [5.41, 5.74) is 1.79. The van der Waals surface area contributed by atoms with E-state index >= 15 is 0 Å². The number of rotatable bonds is 10. The van der Waals surface area contributed by atoms with Crippen molar-refractivity contribution in [2.75, 3.05) is 0 Å². The van der Waals surface area contributed by atoms with E-state index in [1.165, 1.54) is 19.3 Å². The third-order valence-electron chi connectivity index (χ3n) is 6.14. The predicted octanol–water partition coefficient (Wildman–Crippen LogP) is 7.71. The molecule has 0 radical (unpaired) electrons. The van der Waals surface area contributed by atoms with Gasteiger partial charge >= 0.3 is 11.9 Å². The molecule has 0 saturated heterocycles. The van der Waals surface area contributed by atoms with Gasteiger partial charge in [-0.1, -0.05) is 89.1 Å². The molecule has 0 aliphatic heterocycles. The minimum Gasteiger partial charge on any atom is -0.422 e. The zero-order valence-electron chi connectivity index (χ0n) is 20.7. The summed E-state index contributed by atoms with van der Waals surface area (Å²) < 4.78 is 11.7. The van der Waals surface area contributed by atoms with Crippen molar-refractivity contribution in [3.05, 3.63) is 72.3 Å². The summed E-state index contributed by atoms with van der Waals surface area (Å²) in [5.74, 6) is 0.501. The van der Waals surface area contributed by atoms with Crippen molar-refractivity contribution in [1.82, 2.24) is 0 Å². The Hall–Kier alpha value is -3.40. The number of benzene rings is 3. The molecule has 0 aromatic heterocycles. The third kappa shape index (κ3) is 5.56. The topological polar surface area (TPSA) is 52.6 Å². The van der Waals surface area contributed by atoms with Crippen molar-refractivity contribution in [3.8, 4) is 11.5 Å². The van der Waals surface area contributed by atoms with Crippen LogP contribution in [0.1, 0.15) is 58.9 Å². The van der Waals surface area contributed by atoms with Gasteiger partial charge in [0.15, 0.2) is 0 Å². The summed E-state index contributed by atoms with van der Waals surface area (Å²) >= 11 is 0. The molecule has 0 aliphatic rings. The van der Waals surface area contributed by atoms with Crippen molar-refractivity contribution >= 4 is 33.5 Å². The van der Waals surface area contributed by atoms with Crippen molar-refractivity contribution in [1.29, 1.82) is 0 Å². The Balaban J connectivity index is 2.25. The number of carbonyl (C=O) groups is 2. The molecule has 34 heavy (non-hydrogen) atoms. The third-order valence-corrected chi connectivity index (χ3v) is 6.14. The van der Waals surface area contributed by atoms with Gasteiger partial charge in [-0.25, -0.2) is 9.59 Å². The van der Waals surface area contributed by atoms with E-state index in [2.05, 4.69) is 39.1 Å². The second kappa shape index (κ2) is 11.1. The lowest BCUT2D eigenvalue weighted by atomic mass is 9.90. The van der Waals surface area contributed by atoms with E-state index in [4.69, 9.17) is 9.47 Å². The fourth-order valence-corrected chi connectivity index (χ4v) is 4.13. The molecule has 3 aromatic rings. The van der Waals surface area contributed by atoms with E-state index < -0.39 is 11.9 Å². The second-order valence-corrected chi connectivity index (χ2v) is 9.04. The summed E-state index contributed by atoms with van der Waals surface area (Å²) in [6.07, 6.45) is 5.61. The lowest BCUT2D eigenvalue weighted by molar-refractivity contribution is -0.130. The summed E-state index contributed by atoms with van der Waals surface area (Å²) in [6.45, 7) is 15.1. The van der Waals surface area contributed by atoms with Crippen LogP contribution in [0.15, 0.2) is 66.8 Å². The number of fused-ring (bicyclic) bond motifs is 2. The molecule has 0 aliphatic carbocycles. The monoisotopic (exact) mass is 458 g/mol. The van der Waals surface area contributed by atoms with E-state index in [0.29, 0.717) is 44.7 Å². The van der Waals surface area contributed by atoms with Crippen molar-refractivity contribution in [2.24, 2.45) is 5.92 Å². The molecule has 3 rings (SSSR count). The fraction of sp³-hybridized carbons (Fsp3) is 0.333. The minimum atomic E-state index is -0.493. The van der Waals surface area contributed by atoms with E-state index in [0.717, 1.165) is 23.8 Å². The van der Waals surface area contributed by atoms with Crippen molar-refractivity contribution in [3.63, 3.8) is 0 Å². The van der Waals surface area contributed by atoms with Gasteiger partial charge in [-0.3, -0.25) is 0 Å². The number of hydrogen-bond acceptors (Lipinski definition) is 4. The average Bonchev–Trinajstić information content (AvgIpc) is 2.83. The molecule has 4 heteroatoms. The molecule has 0 heterocycles. The Morgan fingerprint density at radius 3 is 1.85 bits per heavy atom. The number of ether oxygens (including phenoxy) is 2. The molecule has 3 aromatic carbocycles. The molecule has 178 valence electrons. The van der Waals surface area contributed by atoms with E-state index in [-0.39, 0.29) is 0 Å². The highest BCUT2D eigenvalue weighted by molar-refractivity contribution is 6.13. The Kier molecular flexibility index (Phi) is 8.27. The summed E-state index contributed by atoms with van der Waals surface area (Å²) in [7, 11) is 0. The van der Waals surface area contributed by atoms with Crippen molar-refractivity contribution < 1.29 is 19.1 Å². The zero-order chi connectivity index (χ0) is 24.8. The van der Waals surface area contributed by atoms with Crippen LogP contribution in [0.25, 0.3) is 21.5 Å². The van der Waals surface area contributed by atoms with Crippen LogP contribution in [0.4, 0.5) is 0 Å². The summed E-state index contributed by atoms with van der Waals surface area (Å²) in [4.78, 5) is 25.0. The fourth-order valence-electron chi connectivity index (χ4n) is 4.13. The lowest BCUT2D eigenvalue weighted by Crippen LogP contribution is -2.11. The molecule has 1 atom stereocenters. The number of esters is 2. The normalized spacial score (nSPS) is 11.9. The molecule has 0 amide bonds. The van der Waals surface area contributed by atoms with Gasteiger partial charge in [0.1, 0.15) is 11.5 Å². The maximum atomic E-state index is 12.6. The van der Waals surface area contributed by atoms with E-state index in [1.807, 2.05) is 30.3 Å². The minimum absolute atomic E-state index is 0.313. The van der Waals surface area contributed by atoms with E-state index in [1.54, 1.807) is 13.8 Å². The van der Waals surface area contributed by atoms with Crippen LogP contribution in [-0.2, 0) is 16.0 Å². The van der Waals surface area contributed by atoms with Crippen LogP contribution < -0.4 is 9.47 Å². The van der Waals surface area contributed by atoms with Crippen LogP contribution >= 0.6 is 0 Å². The second-order valence-electron chi connectivity index (χ2n) is 9.04. The Morgan fingerprint density at radius 2 is 1.35 bits per heavy atom. The molecule has 0 N–H and O–H groups in total. The van der Waals surface area contributed by atoms with Crippen LogP contribution in [0, 0.1) is 5.92 Å². The highest BCUT2D eigenvalue weighted by Gasteiger charge is 2.21. The van der Waals surface area contributed by atoms with Gasteiger partial charge in [0.2, 0.25) is 0 Å². The van der Waals surface area contributed by atoms with Crippen LogP contribution in [0.5, 0.6) is 11.5 Å². The SMILES string of the molecule is C=C(C)C(=O)Oc1c2ccccc2c(OC(=O)C(=C)C)c2cc(CC(CC)CCCC)ccc12. The number of unbranched alkanes of at least 4 members (excludes halogenated alkanes) is 1. The molecule has 1 unspecified atom stereocenters. The Bertz CT molecular complexity index is 1250. The first-order chi connectivity index (χ1) is 16.3. The predicted molar refractivity (Wildman–Crippen MR) is 139 cm³/mol. The average molecular weight is 459 g/mol. The molecule has 4 nitrogen and oxygen atoms in total. The van der Waals surface area contributed by atoms with Gasteiger partial charge in [0.25, 0.3) is 0 Å². The van der Waals surface area contributed by atoms with Gasteiger partial charge in [0.05, 0.1) is 0 Å². The zero-order valence-corrected chi connectivity index (χ0v) is 20.7. The van der Waals surface area contributed by atoms with Crippen LogP contribution in [0.3, 0.4) is 0 Å². The standard InChI is InChI=1S/C30H34O4/c1-7-9-12-21(8-2)17-22-15-16-25-26(18-22)28(34-30(32)20(5)6)24-14-11-10-13-23(24)27(25)33-29(31)19(3)4/h10-11,13-16,18,21H,3,5,7-9,12,17H2,1-2,4,6H3. The van der Waals surface area contributed by atoms with Crippen LogP contribution in [-0.4, -0.2) is 11.9 Å². The molecule has 0 spiro atoms. The number of hydrogen-bond donors (Lipinski definition) is 0. The van der Waals surface area contributed by atoms with Gasteiger partial charge in [-0.15, -0.1) is 0 Å². The molecular weight excluding hydrogens is 424 g/mol. The lowest BCUT2D eigenvalue weighted by Gasteiger charge is -2.19. The van der Waals surface area contributed by atoms with E-state index in [9.17, 15) is 9.59 Å². The first-order valence-electron chi connectivity index (χ1n) is 12.0. The van der Waals surface area contributed by atoms with Crippen LogP contribution in [0.2, 0.25) is 0 Å². The smallest absolute Gasteiger partial charge is 0.338 e. The summed E-state index contributed by atoms with van der Waals surface area (Å²) in [5, 5.41) is 2.84. The molecule has 0 saturated carbocycles. The highest BCUT2D eigenvalue weighted by Crippen LogP contribution is 2.44. The maximum absolute atomic E-state index is 12.6. The van der Waals surface area contributed by atoms with Gasteiger partial charge < -0.3 is 9.47 Å². The molecule has 0 fully saturated rings. The maximum Gasteiger partial charge on any atom is 0.338 e. The Labute approximate surface area is 202 Å². The van der Waals surface area contributed by atoms with Gasteiger partial charge in [-0.05, 0) is 37.8 Å². The van der Waals surface area contributed by atoms with Crippen molar-refractivity contribution in [2.45, 2.75) is 59.8 Å². The largest absolute Gasteiger partial charge is 0.422 e. The quantitative estimate of drug-likeness (QED) is 0.135. The van der Waals surface area contributed by atoms with Gasteiger partial charge in [-0.2, -0.15) is 0 Å². The molecular formula is C30H34O4. The first kappa shape index (κ1) is 25.2. The Morgan fingerprint density at radius 1 is 0.824 bits per heavy atom.